The fourth-order valence-electron chi connectivity index (χ4n) is 3.60. The van der Waals surface area contributed by atoms with Gasteiger partial charge in [-0.1, -0.05) is 64.7 Å². The molecule has 0 saturated heterocycles. The number of unbranched alkanes of at least 4 members (excludes halogenated alkanes) is 12. The van der Waals surface area contributed by atoms with Crippen molar-refractivity contribution >= 4 is 17.9 Å². The molecule has 0 bridgehead atoms. The van der Waals surface area contributed by atoms with E-state index in [0.717, 1.165) is 77.0 Å². The second-order valence-electron chi connectivity index (χ2n) is 8.30. The van der Waals surface area contributed by atoms with Gasteiger partial charge in [0.1, 0.15) is 6.61 Å². The normalized spacial score (nSPS) is 10.2. The maximum absolute atomic E-state index is 12.7. The highest BCUT2D eigenvalue weighted by atomic mass is 16.5. The van der Waals surface area contributed by atoms with Crippen LogP contribution in [-0.4, -0.2) is 42.5 Å². The predicted octanol–water partition coefficient (Wildman–Crippen LogP) is 5.83. The minimum atomic E-state index is -0.0562. The molecule has 32 heavy (non-hydrogen) atoms. The first-order chi connectivity index (χ1) is 15.7. The average Bonchev–Trinajstić information content (AvgIpc) is 2.79. The summed E-state index contributed by atoms with van der Waals surface area (Å²) in [7, 11) is 0. The van der Waals surface area contributed by atoms with Crippen molar-refractivity contribution in [3.8, 4) is 6.26 Å². The van der Waals surface area contributed by atoms with Crippen molar-refractivity contribution in [2.24, 2.45) is 4.99 Å². The molecule has 7 heteroatoms. The summed E-state index contributed by atoms with van der Waals surface area (Å²) in [6.07, 6.45) is 18.8. The fourth-order valence-corrected chi connectivity index (χ4v) is 3.60. The van der Waals surface area contributed by atoms with E-state index in [-0.39, 0.29) is 11.8 Å². The zero-order valence-electron chi connectivity index (χ0n) is 20.1. The Kier molecular flexibility index (Phi) is 21.9. The van der Waals surface area contributed by atoms with Crippen LogP contribution in [0.1, 0.15) is 116 Å². The molecule has 0 radical (unpaired) electrons. The van der Waals surface area contributed by atoms with Gasteiger partial charge < -0.3 is 4.74 Å². The molecular formula is C25H43N3O4. The lowest BCUT2D eigenvalue weighted by molar-refractivity contribution is -0.145. The van der Waals surface area contributed by atoms with Gasteiger partial charge in [0.25, 0.3) is 6.26 Å². The second-order valence-corrected chi connectivity index (χ2v) is 8.30. The van der Waals surface area contributed by atoms with Crippen molar-refractivity contribution in [3.63, 3.8) is 0 Å². The first-order valence-electron chi connectivity index (χ1n) is 12.5. The average molecular weight is 450 g/mol. The SMILES string of the molecule is CCCCCCCCC(=O)N(CCCCCCOC#N)C(=O)CCCCCCCN=C=O. The lowest BCUT2D eigenvalue weighted by Crippen LogP contribution is -2.37. The first kappa shape index (κ1) is 29.8. The summed E-state index contributed by atoms with van der Waals surface area (Å²) >= 11 is 0. The van der Waals surface area contributed by atoms with Gasteiger partial charge in [-0.05, 0) is 38.5 Å². The number of ether oxygens (including phenoxy) is 1. The molecule has 2 amide bonds. The Hall–Kier alpha value is -2.19. The van der Waals surface area contributed by atoms with E-state index in [1.54, 1.807) is 12.3 Å². The Morgan fingerprint density at radius 1 is 0.781 bits per heavy atom. The maximum atomic E-state index is 12.7. The van der Waals surface area contributed by atoms with Gasteiger partial charge in [-0.25, -0.2) is 9.79 Å². The molecule has 0 aliphatic rings. The quantitative estimate of drug-likeness (QED) is 0.0896. The molecule has 0 fully saturated rings. The van der Waals surface area contributed by atoms with Gasteiger partial charge in [-0.2, -0.15) is 5.26 Å². The maximum Gasteiger partial charge on any atom is 0.286 e. The standard InChI is InChI=1S/C25H43N3O4/c1-2-3-4-5-7-12-17-24(30)28(20-15-10-11-16-21-32-22-26)25(31)18-13-8-6-9-14-19-27-23-29/h2-21H2,1H3. The van der Waals surface area contributed by atoms with Crippen LogP contribution >= 0.6 is 0 Å². The highest BCUT2D eigenvalue weighted by Gasteiger charge is 2.20. The third-order valence-corrected chi connectivity index (χ3v) is 5.51. The van der Waals surface area contributed by atoms with Crippen LogP contribution in [0.25, 0.3) is 0 Å². The Labute approximate surface area is 194 Å². The summed E-state index contributed by atoms with van der Waals surface area (Å²) in [4.78, 5) is 40.5. The second kappa shape index (κ2) is 23.5. The monoisotopic (exact) mass is 449 g/mol. The fraction of sp³-hybridized carbons (Fsp3) is 0.840. The molecule has 0 aliphatic heterocycles. The van der Waals surface area contributed by atoms with E-state index in [1.807, 2.05) is 0 Å². The Morgan fingerprint density at radius 2 is 1.31 bits per heavy atom. The van der Waals surface area contributed by atoms with E-state index in [4.69, 9.17) is 5.26 Å². The topological polar surface area (TPSA) is 99.8 Å². The van der Waals surface area contributed by atoms with Gasteiger partial charge in [0.15, 0.2) is 0 Å². The van der Waals surface area contributed by atoms with Crippen molar-refractivity contribution in [1.29, 1.82) is 5.26 Å². The van der Waals surface area contributed by atoms with E-state index in [9.17, 15) is 14.4 Å². The lowest BCUT2D eigenvalue weighted by atomic mass is 10.1. The van der Waals surface area contributed by atoms with Crippen LogP contribution < -0.4 is 0 Å². The van der Waals surface area contributed by atoms with Crippen molar-refractivity contribution in [3.05, 3.63) is 0 Å². The van der Waals surface area contributed by atoms with Crippen LogP contribution in [0, 0.1) is 11.5 Å². The minimum Gasteiger partial charge on any atom is -0.428 e. The van der Waals surface area contributed by atoms with Gasteiger partial charge in [-0.3, -0.25) is 14.5 Å². The molecule has 0 aromatic rings. The van der Waals surface area contributed by atoms with Crippen LogP contribution in [0.3, 0.4) is 0 Å². The van der Waals surface area contributed by atoms with E-state index in [1.165, 1.54) is 24.2 Å². The molecule has 0 aliphatic carbocycles. The number of hydrogen-bond acceptors (Lipinski definition) is 6. The lowest BCUT2D eigenvalue weighted by Gasteiger charge is -2.21. The van der Waals surface area contributed by atoms with Gasteiger partial charge in [0, 0.05) is 19.4 Å². The van der Waals surface area contributed by atoms with E-state index >= 15 is 0 Å². The number of nitrogens with zero attached hydrogens (tertiary/aromatic N) is 3. The number of aliphatic imine (C=N–C) groups is 1. The highest BCUT2D eigenvalue weighted by molar-refractivity contribution is 5.95. The van der Waals surface area contributed by atoms with Crippen molar-refractivity contribution in [2.75, 3.05) is 19.7 Å². The molecule has 182 valence electrons. The van der Waals surface area contributed by atoms with Gasteiger partial charge in [-0.15, -0.1) is 0 Å². The minimum absolute atomic E-state index is 0.0370. The predicted molar refractivity (Wildman–Crippen MR) is 125 cm³/mol. The van der Waals surface area contributed by atoms with Crippen molar-refractivity contribution < 1.29 is 19.1 Å². The van der Waals surface area contributed by atoms with Crippen molar-refractivity contribution in [2.45, 2.75) is 116 Å². The Bertz CT molecular complexity index is 568. The molecule has 0 aromatic heterocycles. The number of hydrogen-bond donors (Lipinski definition) is 0. The van der Waals surface area contributed by atoms with Gasteiger partial charge in [0.2, 0.25) is 17.9 Å². The zero-order valence-corrected chi connectivity index (χ0v) is 20.1. The summed E-state index contributed by atoms with van der Waals surface area (Å²) in [6, 6.07) is 0. The molecule has 0 aromatic carbocycles. The molecular weight excluding hydrogens is 406 g/mol. The van der Waals surface area contributed by atoms with Gasteiger partial charge in [0.05, 0.1) is 6.54 Å². The molecule has 0 spiro atoms. The number of nitriles is 1. The van der Waals surface area contributed by atoms with Crippen LogP contribution in [0.5, 0.6) is 0 Å². The third kappa shape index (κ3) is 18.6. The van der Waals surface area contributed by atoms with E-state index in [0.29, 0.717) is 32.5 Å². The summed E-state index contributed by atoms with van der Waals surface area (Å²) in [6.45, 7) is 3.62. The summed E-state index contributed by atoms with van der Waals surface area (Å²) in [5, 5.41) is 8.38. The highest BCUT2D eigenvalue weighted by Crippen LogP contribution is 2.13. The van der Waals surface area contributed by atoms with Crippen LogP contribution in [0.15, 0.2) is 4.99 Å². The third-order valence-electron chi connectivity index (χ3n) is 5.51. The molecule has 0 atom stereocenters. The first-order valence-corrected chi connectivity index (χ1v) is 12.5. The summed E-state index contributed by atoms with van der Waals surface area (Å²) in [5.74, 6) is -0.0932. The van der Waals surface area contributed by atoms with Gasteiger partial charge >= 0.3 is 0 Å². The number of amides is 2. The molecule has 7 nitrogen and oxygen atoms in total. The Balaban J connectivity index is 4.30. The van der Waals surface area contributed by atoms with Crippen LogP contribution in [-0.2, 0) is 19.1 Å². The number of carbonyl (C=O) groups excluding carboxylic acids is 3. The van der Waals surface area contributed by atoms with Crippen LogP contribution in [0.4, 0.5) is 0 Å². The number of imide groups is 1. The number of isocyanates is 1. The molecule has 0 rings (SSSR count). The van der Waals surface area contributed by atoms with E-state index < -0.39 is 0 Å². The van der Waals surface area contributed by atoms with E-state index in [2.05, 4.69) is 16.7 Å². The summed E-state index contributed by atoms with van der Waals surface area (Å²) < 4.78 is 4.67. The number of rotatable bonds is 22. The van der Waals surface area contributed by atoms with Crippen molar-refractivity contribution in [1.82, 2.24) is 4.90 Å². The molecule has 0 unspecified atom stereocenters. The largest absolute Gasteiger partial charge is 0.428 e. The molecule has 0 heterocycles. The number of carbonyl (C=O) groups is 2. The molecule has 0 N–H and O–H groups in total. The molecule has 0 saturated carbocycles. The zero-order chi connectivity index (χ0) is 23.7. The smallest absolute Gasteiger partial charge is 0.286 e. The van der Waals surface area contributed by atoms with Crippen LogP contribution in [0.2, 0.25) is 0 Å². The Morgan fingerprint density at radius 3 is 1.91 bits per heavy atom. The summed E-state index contributed by atoms with van der Waals surface area (Å²) in [5.41, 5.74) is 0.